The van der Waals surface area contributed by atoms with Crippen LogP contribution in [0, 0.1) is 5.41 Å². The largest absolute Gasteiger partial charge is 0.442 e. The van der Waals surface area contributed by atoms with E-state index in [-0.39, 0.29) is 17.4 Å². The number of amides is 1. The van der Waals surface area contributed by atoms with Gasteiger partial charge in [0.1, 0.15) is 0 Å². The number of nitrogens with zero attached hydrogens (tertiary/aromatic N) is 3. The number of aromatic nitrogens is 3. The lowest BCUT2D eigenvalue weighted by Gasteiger charge is -2.31. The van der Waals surface area contributed by atoms with Crippen LogP contribution in [-0.4, -0.2) is 26.5 Å². The Hall–Kier alpha value is -2.41. The summed E-state index contributed by atoms with van der Waals surface area (Å²) in [4.78, 5) is 21.8. The van der Waals surface area contributed by atoms with Crippen LogP contribution >= 0.6 is 11.3 Å². The first kappa shape index (κ1) is 16.4. The summed E-state index contributed by atoms with van der Waals surface area (Å²) in [5, 5.41) is 5.04. The normalized spacial score (nSPS) is 13.0. The molecule has 3 aromatic rings. The molecule has 1 atom stereocenters. The topological polar surface area (TPSA) is 73.0 Å². The average Bonchev–Trinajstić information content (AvgIpc) is 3.26. The lowest BCUT2D eigenvalue weighted by molar-refractivity contribution is 0.0888. The van der Waals surface area contributed by atoms with Crippen LogP contribution in [0.5, 0.6) is 0 Å². The molecule has 24 heavy (non-hydrogen) atoms. The summed E-state index contributed by atoms with van der Waals surface area (Å²) < 4.78 is 7.38. The van der Waals surface area contributed by atoms with E-state index in [0.29, 0.717) is 18.0 Å². The van der Waals surface area contributed by atoms with Gasteiger partial charge >= 0.3 is 0 Å². The van der Waals surface area contributed by atoms with Crippen molar-refractivity contribution in [2.24, 2.45) is 5.41 Å². The Labute approximate surface area is 144 Å². The summed E-state index contributed by atoms with van der Waals surface area (Å²) >= 11 is 1.51. The van der Waals surface area contributed by atoms with Crippen molar-refractivity contribution in [3.8, 4) is 10.6 Å². The van der Waals surface area contributed by atoms with Crippen LogP contribution in [0.15, 0.2) is 47.0 Å². The van der Waals surface area contributed by atoms with Gasteiger partial charge in [0, 0.05) is 18.9 Å². The molecule has 126 valence electrons. The highest BCUT2D eigenvalue weighted by Crippen LogP contribution is 2.28. The third-order valence-corrected chi connectivity index (χ3v) is 4.70. The second-order valence-corrected chi connectivity index (χ2v) is 7.61. The fourth-order valence-corrected chi connectivity index (χ4v) is 3.07. The van der Waals surface area contributed by atoms with Gasteiger partial charge in [0.15, 0.2) is 17.8 Å². The second kappa shape index (κ2) is 6.60. The number of carbonyl (C=O) groups is 1. The average molecular weight is 344 g/mol. The van der Waals surface area contributed by atoms with Gasteiger partial charge in [0.25, 0.3) is 5.91 Å². The predicted molar refractivity (Wildman–Crippen MR) is 92.8 cm³/mol. The molecule has 0 bridgehead atoms. The molecule has 0 aliphatic rings. The molecule has 0 saturated heterocycles. The van der Waals surface area contributed by atoms with Crippen LogP contribution in [0.4, 0.5) is 0 Å². The van der Waals surface area contributed by atoms with E-state index < -0.39 is 0 Å². The van der Waals surface area contributed by atoms with Crippen molar-refractivity contribution in [2.45, 2.75) is 33.4 Å². The van der Waals surface area contributed by atoms with E-state index in [1.54, 1.807) is 12.5 Å². The molecular formula is C17H20N4O2S. The minimum atomic E-state index is -0.229. The van der Waals surface area contributed by atoms with Crippen molar-refractivity contribution in [3.05, 3.63) is 48.3 Å². The molecule has 0 aliphatic heterocycles. The number of rotatable bonds is 5. The highest BCUT2D eigenvalue weighted by Gasteiger charge is 2.29. The Morgan fingerprint density at radius 1 is 1.46 bits per heavy atom. The highest BCUT2D eigenvalue weighted by atomic mass is 32.1. The van der Waals surface area contributed by atoms with Crippen molar-refractivity contribution in [1.29, 1.82) is 0 Å². The van der Waals surface area contributed by atoms with E-state index in [2.05, 4.69) is 36.1 Å². The van der Waals surface area contributed by atoms with Gasteiger partial charge in [0.2, 0.25) is 0 Å². The van der Waals surface area contributed by atoms with Gasteiger partial charge in [-0.25, -0.2) is 9.97 Å². The molecule has 0 aromatic carbocycles. The molecule has 1 unspecified atom stereocenters. The number of thiophene rings is 1. The van der Waals surface area contributed by atoms with E-state index in [1.807, 2.05) is 28.3 Å². The Bertz CT molecular complexity index is 785. The molecule has 3 heterocycles. The van der Waals surface area contributed by atoms with E-state index in [0.717, 1.165) is 4.88 Å². The van der Waals surface area contributed by atoms with Crippen molar-refractivity contribution in [2.75, 3.05) is 0 Å². The summed E-state index contributed by atoms with van der Waals surface area (Å²) in [6, 6.07) is 3.75. The number of imidazole rings is 1. The van der Waals surface area contributed by atoms with Gasteiger partial charge in [-0.15, -0.1) is 11.3 Å². The Balaban J connectivity index is 1.80. The minimum Gasteiger partial charge on any atom is -0.442 e. The van der Waals surface area contributed by atoms with Gasteiger partial charge in [-0.05, 0) is 16.9 Å². The first-order chi connectivity index (χ1) is 11.4. The van der Waals surface area contributed by atoms with Gasteiger partial charge in [-0.2, -0.15) is 0 Å². The Morgan fingerprint density at radius 3 is 2.92 bits per heavy atom. The molecule has 0 spiro atoms. The quantitative estimate of drug-likeness (QED) is 0.769. The van der Waals surface area contributed by atoms with E-state index in [1.165, 1.54) is 17.7 Å². The molecule has 7 heteroatoms. The maximum absolute atomic E-state index is 12.8. The summed E-state index contributed by atoms with van der Waals surface area (Å²) in [7, 11) is 0. The van der Waals surface area contributed by atoms with Crippen molar-refractivity contribution >= 4 is 17.2 Å². The minimum absolute atomic E-state index is 0.0768. The lowest BCUT2D eigenvalue weighted by Crippen LogP contribution is -2.46. The monoisotopic (exact) mass is 344 g/mol. The molecule has 3 rings (SSSR count). The summed E-state index contributed by atoms with van der Waals surface area (Å²) in [6.45, 7) is 6.93. The van der Waals surface area contributed by atoms with E-state index in [9.17, 15) is 4.79 Å². The Morgan fingerprint density at radius 2 is 2.29 bits per heavy atom. The van der Waals surface area contributed by atoms with E-state index in [4.69, 9.17) is 4.42 Å². The van der Waals surface area contributed by atoms with Crippen LogP contribution in [0.25, 0.3) is 10.6 Å². The second-order valence-electron chi connectivity index (χ2n) is 6.66. The first-order valence-electron chi connectivity index (χ1n) is 7.69. The third-order valence-electron chi connectivity index (χ3n) is 3.83. The molecule has 1 amide bonds. The molecule has 3 aromatic heterocycles. The van der Waals surface area contributed by atoms with Crippen molar-refractivity contribution in [1.82, 2.24) is 19.9 Å². The number of oxazole rings is 1. The third kappa shape index (κ3) is 3.56. The number of carbonyl (C=O) groups excluding carboxylic acids is 1. The van der Waals surface area contributed by atoms with Gasteiger partial charge in [-0.1, -0.05) is 26.8 Å². The molecule has 0 fully saturated rings. The molecule has 1 N–H and O–H groups in total. The standard InChI is InChI=1S/C17H20N4O2S/c1-17(2,3)13(9-21-7-6-18-10-21)20-16(22)14-15(23-11-19-14)12-5-4-8-24-12/h4-8,10-11,13H,9H2,1-3H3,(H,20,22). The van der Waals surface area contributed by atoms with E-state index >= 15 is 0 Å². The fraction of sp³-hybridized carbons (Fsp3) is 0.353. The SMILES string of the molecule is CC(C)(C)C(Cn1ccnc1)NC(=O)c1ncoc1-c1cccs1. The zero-order valence-electron chi connectivity index (χ0n) is 13.9. The van der Waals surface area contributed by atoms with Crippen LogP contribution in [0.1, 0.15) is 31.3 Å². The van der Waals surface area contributed by atoms with Gasteiger partial charge < -0.3 is 14.3 Å². The van der Waals surface area contributed by atoms with Crippen LogP contribution < -0.4 is 5.32 Å². The number of hydrogen-bond acceptors (Lipinski definition) is 5. The predicted octanol–water partition coefficient (Wildman–Crippen LogP) is 3.44. The molecule has 0 radical (unpaired) electrons. The molecule has 0 aliphatic carbocycles. The zero-order valence-corrected chi connectivity index (χ0v) is 14.7. The molecule has 0 saturated carbocycles. The molecule has 6 nitrogen and oxygen atoms in total. The van der Waals surface area contributed by atoms with Crippen LogP contribution in [0.2, 0.25) is 0 Å². The zero-order chi connectivity index (χ0) is 17.2. The maximum Gasteiger partial charge on any atom is 0.274 e. The maximum atomic E-state index is 12.8. The number of nitrogens with one attached hydrogen (secondary N) is 1. The van der Waals surface area contributed by atoms with Crippen LogP contribution in [0.3, 0.4) is 0 Å². The summed E-state index contributed by atoms with van der Waals surface area (Å²) in [6.07, 6.45) is 6.68. The summed E-state index contributed by atoms with van der Waals surface area (Å²) in [5.74, 6) is 0.282. The number of hydrogen-bond donors (Lipinski definition) is 1. The van der Waals surface area contributed by atoms with Crippen LogP contribution in [-0.2, 0) is 6.54 Å². The van der Waals surface area contributed by atoms with Crippen molar-refractivity contribution < 1.29 is 9.21 Å². The summed E-state index contributed by atoms with van der Waals surface area (Å²) in [5.41, 5.74) is 0.199. The lowest BCUT2D eigenvalue weighted by atomic mass is 9.86. The molecular weight excluding hydrogens is 324 g/mol. The Kier molecular flexibility index (Phi) is 4.53. The first-order valence-corrected chi connectivity index (χ1v) is 8.57. The smallest absolute Gasteiger partial charge is 0.274 e. The highest BCUT2D eigenvalue weighted by molar-refractivity contribution is 7.13. The van der Waals surface area contributed by atoms with Gasteiger partial charge in [0.05, 0.1) is 17.2 Å². The fourth-order valence-electron chi connectivity index (χ4n) is 2.36. The van der Waals surface area contributed by atoms with Gasteiger partial charge in [-0.3, -0.25) is 4.79 Å². The van der Waals surface area contributed by atoms with Crippen molar-refractivity contribution in [3.63, 3.8) is 0 Å².